The van der Waals surface area contributed by atoms with Gasteiger partial charge in [0.1, 0.15) is 5.75 Å². The number of carbonyl (C=O) groups excluding carboxylic acids is 1. The second-order valence-electron chi connectivity index (χ2n) is 6.27. The lowest BCUT2D eigenvalue weighted by molar-refractivity contribution is -0.122. The highest BCUT2D eigenvalue weighted by Gasteiger charge is 2.43. The summed E-state index contributed by atoms with van der Waals surface area (Å²) in [6, 6.07) is 13.3. The predicted octanol–water partition coefficient (Wildman–Crippen LogP) is 1.50. The Morgan fingerprint density at radius 3 is 2.36 bits per heavy atom. The molecule has 1 saturated carbocycles. The fourth-order valence-electron chi connectivity index (χ4n) is 2.88. The molecule has 0 aromatic heterocycles. The van der Waals surface area contributed by atoms with Crippen LogP contribution in [0.25, 0.3) is 0 Å². The summed E-state index contributed by atoms with van der Waals surface area (Å²) in [6.45, 7) is 0.492. The van der Waals surface area contributed by atoms with Crippen molar-refractivity contribution in [2.75, 3.05) is 6.54 Å². The maximum absolute atomic E-state index is 12.2. The number of hydrogen-bond acceptors (Lipinski definition) is 4. The number of amides is 1. The number of benzene rings is 2. The van der Waals surface area contributed by atoms with E-state index >= 15 is 0 Å². The summed E-state index contributed by atoms with van der Waals surface area (Å²) in [5, 5.41) is 17.3. The van der Waals surface area contributed by atoms with E-state index in [-0.39, 0.29) is 28.4 Å². The van der Waals surface area contributed by atoms with E-state index in [1.54, 1.807) is 24.3 Å². The molecular weight excluding hydrogens is 340 g/mol. The van der Waals surface area contributed by atoms with Gasteiger partial charge in [0.15, 0.2) is 0 Å². The van der Waals surface area contributed by atoms with Gasteiger partial charge in [-0.3, -0.25) is 4.79 Å². The van der Waals surface area contributed by atoms with Crippen molar-refractivity contribution >= 4 is 15.9 Å². The predicted molar refractivity (Wildman–Crippen MR) is 93.5 cm³/mol. The molecule has 3 rings (SSSR count). The number of phenols is 1. The molecule has 0 saturated heterocycles. The van der Waals surface area contributed by atoms with Gasteiger partial charge in [-0.25, -0.2) is 13.6 Å². The lowest BCUT2D eigenvalue weighted by Crippen LogP contribution is -2.27. The van der Waals surface area contributed by atoms with E-state index in [1.807, 2.05) is 12.1 Å². The highest BCUT2D eigenvalue weighted by Crippen LogP contribution is 2.47. The first-order chi connectivity index (χ1) is 11.8. The van der Waals surface area contributed by atoms with Crippen LogP contribution in [0.4, 0.5) is 0 Å². The molecule has 1 aliphatic carbocycles. The molecule has 4 N–H and O–H groups in total. The van der Waals surface area contributed by atoms with E-state index in [1.165, 1.54) is 12.1 Å². The third-order valence-corrected chi connectivity index (χ3v) is 5.34. The number of sulfonamides is 1. The average molecular weight is 360 g/mol. The number of carbonyl (C=O) groups is 1. The number of primary sulfonamides is 1. The molecule has 6 nitrogen and oxygen atoms in total. The molecule has 1 amide bonds. The lowest BCUT2D eigenvalue weighted by atomic mass is 10.1. The normalized spacial score (nSPS) is 19.4. The number of rotatable bonds is 6. The van der Waals surface area contributed by atoms with E-state index in [0.717, 1.165) is 17.5 Å². The second kappa shape index (κ2) is 6.85. The average Bonchev–Trinajstić information content (AvgIpc) is 3.36. The molecule has 132 valence electrons. The molecule has 2 aromatic rings. The molecule has 0 bridgehead atoms. The van der Waals surface area contributed by atoms with Gasteiger partial charge in [-0.1, -0.05) is 24.3 Å². The molecule has 2 unspecified atom stereocenters. The van der Waals surface area contributed by atoms with Gasteiger partial charge in [0, 0.05) is 12.5 Å². The van der Waals surface area contributed by atoms with Gasteiger partial charge in [0.2, 0.25) is 15.9 Å². The van der Waals surface area contributed by atoms with Gasteiger partial charge >= 0.3 is 0 Å². The zero-order chi connectivity index (χ0) is 18.0. The van der Waals surface area contributed by atoms with Crippen LogP contribution >= 0.6 is 0 Å². The molecule has 1 fully saturated rings. The van der Waals surface area contributed by atoms with Crippen molar-refractivity contribution in [3.8, 4) is 5.75 Å². The molecular formula is C18H20N2O4S. The summed E-state index contributed by atoms with van der Waals surface area (Å²) < 4.78 is 22.4. The summed E-state index contributed by atoms with van der Waals surface area (Å²) in [5.74, 6) is 0.446. The van der Waals surface area contributed by atoms with Crippen molar-refractivity contribution in [1.82, 2.24) is 5.32 Å². The fraction of sp³-hybridized carbons (Fsp3) is 0.278. The minimum Gasteiger partial charge on any atom is -0.508 e. The molecule has 25 heavy (non-hydrogen) atoms. The third kappa shape index (κ3) is 4.37. The van der Waals surface area contributed by atoms with Crippen LogP contribution in [0.1, 0.15) is 23.5 Å². The summed E-state index contributed by atoms with van der Waals surface area (Å²) in [4.78, 5) is 12.3. The second-order valence-corrected chi connectivity index (χ2v) is 7.83. The van der Waals surface area contributed by atoms with E-state index in [2.05, 4.69) is 5.32 Å². The van der Waals surface area contributed by atoms with Crippen LogP contribution in [0, 0.1) is 5.92 Å². The molecule has 2 aromatic carbocycles. The summed E-state index contributed by atoms with van der Waals surface area (Å²) in [7, 11) is -3.68. The number of phenolic OH excluding ortho intramolecular Hbond substituents is 1. The van der Waals surface area contributed by atoms with Crippen molar-refractivity contribution in [2.45, 2.75) is 23.7 Å². The standard InChI is InChI=1S/C18H20N2O4S/c19-25(23,24)15-7-1-12(2-8-15)9-10-20-18(22)17-11-16(17)13-3-5-14(21)6-4-13/h1-8,16-17,21H,9-11H2,(H,20,22)(H2,19,23,24). The van der Waals surface area contributed by atoms with Crippen molar-refractivity contribution in [3.05, 3.63) is 59.7 Å². The number of nitrogens with two attached hydrogens (primary N) is 1. The highest BCUT2D eigenvalue weighted by molar-refractivity contribution is 7.89. The highest BCUT2D eigenvalue weighted by atomic mass is 32.2. The Morgan fingerprint density at radius 1 is 1.12 bits per heavy atom. The largest absolute Gasteiger partial charge is 0.508 e. The first-order valence-corrected chi connectivity index (χ1v) is 9.57. The van der Waals surface area contributed by atoms with Crippen LogP contribution < -0.4 is 10.5 Å². The minimum absolute atomic E-state index is 0.0192. The Morgan fingerprint density at radius 2 is 1.76 bits per heavy atom. The van der Waals surface area contributed by atoms with Gasteiger partial charge < -0.3 is 10.4 Å². The topological polar surface area (TPSA) is 109 Å². The van der Waals surface area contributed by atoms with Gasteiger partial charge in [0.25, 0.3) is 0 Å². The van der Waals surface area contributed by atoms with Gasteiger partial charge in [0.05, 0.1) is 4.90 Å². The third-order valence-electron chi connectivity index (χ3n) is 4.41. The van der Waals surface area contributed by atoms with Crippen LogP contribution in [0.3, 0.4) is 0 Å². The Balaban J connectivity index is 1.46. The van der Waals surface area contributed by atoms with Crippen LogP contribution in [0.2, 0.25) is 0 Å². The van der Waals surface area contributed by atoms with E-state index < -0.39 is 10.0 Å². The number of nitrogens with one attached hydrogen (secondary N) is 1. The van der Waals surface area contributed by atoms with Crippen molar-refractivity contribution < 1.29 is 18.3 Å². The molecule has 7 heteroatoms. The molecule has 2 atom stereocenters. The zero-order valence-electron chi connectivity index (χ0n) is 13.6. The van der Waals surface area contributed by atoms with Crippen LogP contribution in [-0.4, -0.2) is 26.0 Å². The van der Waals surface area contributed by atoms with Gasteiger partial charge in [-0.15, -0.1) is 0 Å². The Bertz CT molecular complexity index is 861. The fourth-order valence-corrected chi connectivity index (χ4v) is 3.40. The van der Waals surface area contributed by atoms with E-state index in [4.69, 9.17) is 5.14 Å². The molecule has 0 aliphatic heterocycles. The van der Waals surface area contributed by atoms with Crippen molar-refractivity contribution in [1.29, 1.82) is 0 Å². The quantitative estimate of drug-likeness (QED) is 0.725. The first-order valence-electron chi connectivity index (χ1n) is 8.03. The van der Waals surface area contributed by atoms with Crippen LogP contribution in [0.5, 0.6) is 5.75 Å². The lowest BCUT2D eigenvalue weighted by Gasteiger charge is -2.06. The zero-order valence-corrected chi connectivity index (χ0v) is 14.4. The minimum atomic E-state index is -3.68. The van der Waals surface area contributed by atoms with Crippen molar-refractivity contribution in [3.63, 3.8) is 0 Å². The van der Waals surface area contributed by atoms with Crippen LogP contribution in [-0.2, 0) is 21.2 Å². The number of hydrogen-bond donors (Lipinski definition) is 3. The maximum atomic E-state index is 12.2. The summed E-state index contributed by atoms with van der Waals surface area (Å²) in [5.41, 5.74) is 2.00. The molecule has 0 radical (unpaired) electrons. The maximum Gasteiger partial charge on any atom is 0.238 e. The SMILES string of the molecule is NS(=O)(=O)c1ccc(CCNC(=O)C2CC2c2ccc(O)cc2)cc1. The van der Waals surface area contributed by atoms with E-state index in [0.29, 0.717) is 13.0 Å². The van der Waals surface area contributed by atoms with E-state index in [9.17, 15) is 18.3 Å². The molecule has 0 spiro atoms. The monoisotopic (exact) mass is 360 g/mol. The smallest absolute Gasteiger partial charge is 0.238 e. The Labute approximate surface area is 146 Å². The van der Waals surface area contributed by atoms with Gasteiger partial charge in [-0.2, -0.15) is 0 Å². The molecule has 0 heterocycles. The first kappa shape index (κ1) is 17.4. The Kier molecular flexibility index (Phi) is 4.78. The number of aromatic hydroxyl groups is 1. The Hall–Kier alpha value is -2.38. The summed E-state index contributed by atoms with van der Waals surface area (Å²) in [6.07, 6.45) is 1.44. The molecule has 1 aliphatic rings. The van der Waals surface area contributed by atoms with Crippen LogP contribution in [0.15, 0.2) is 53.4 Å². The van der Waals surface area contributed by atoms with Gasteiger partial charge in [-0.05, 0) is 54.2 Å². The van der Waals surface area contributed by atoms with Crippen molar-refractivity contribution in [2.24, 2.45) is 11.1 Å². The summed E-state index contributed by atoms with van der Waals surface area (Å²) >= 11 is 0.